The lowest BCUT2D eigenvalue weighted by atomic mass is 9.96. The summed E-state index contributed by atoms with van der Waals surface area (Å²) in [6, 6.07) is 8.88. The predicted molar refractivity (Wildman–Crippen MR) is 125 cm³/mol. The second-order valence-electron chi connectivity index (χ2n) is 8.25. The summed E-state index contributed by atoms with van der Waals surface area (Å²) in [6.45, 7) is 5.08. The lowest BCUT2D eigenvalue weighted by molar-refractivity contribution is 0.102. The molecule has 170 valence electrons. The number of hydrogen-bond donors (Lipinski definition) is 2. The Morgan fingerprint density at radius 3 is 2.69 bits per heavy atom. The normalized spacial score (nSPS) is 13.7. The Balaban J connectivity index is 1.85. The molecular weight excluding hydrogens is 406 g/mol. The minimum Gasteiger partial charge on any atom is -0.496 e. The van der Waals surface area contributed by atoms with Gasteiger partial charge in [0.25, 0.3) is 5.91 Å². The van der Waals surface area contributed by atoms with Gasteiger partial charge in [-0.15, -0.1) is 0 Å². The minimum absolute atomic E-state index is 0.0535. The molecular formula is C24H31N5O3. The van der Waals surface area contributed by atoms with Crippen LogP contribution in [-0.2, 0) is 13.0 Å². The van der Waals surface area contributed by atoms with Crippen molar-refractivity contribution in [2.24, 2.45) is 5.92 Å². The molecule has 1 aromatic carbocycles. The molecule has 0 saturated heterocycles. The Morgan fingerprint density at radius 2 is 2.03 bits per heavy atom. The highest BCUT2D eigenvalue weighted by Gasteiger charge is 2.25. The summed E-state index contributed by atoms with van der Waals surface area (Å²) < 4.78 is 5.49. The second kappa shape index (κ2) is 9.80. The van der Waals surface area contributed by atoms with Crippen molar-refractivity contribution in [2.75, 3.05) is 33.1 Å². The maximum atomic E-state index is 13.1. The zero-order valence-electron chi connectivity index (χ0n) is 19.4. The fraction of sp³-hybridized carbons (Fsp3) is 0.417. The zero-order valence-corrected chi connectivity index (χ0v) is 19.4. The van der Waals surface area contributed by atoms with Crippen LogP contribution in [0.15, 0.2) is 30.3 Å². The molecule has 0 fully saturated rings. The van der Waals surface area contributed by atoms with Gasteiger partial charge in [0.1, 0.15) is 11.6 Å². The van der Waals surface area contributed by atoms with Gasteiger partial charge in [0.15, 0.2) is 0 Å². The lowest BCUT2D eigenvalue weighted by Crippen LogP contribution is -2.42. The summed E-state index contributed by atoms with van der Waals surface area (Å²) in [5.74, 6) is 0.601. The molecule has 0 aliphatic carbocycles. The summed E-state index contributed by atoms with van der Waals surface area (Å²) in [4.78, 5) is 33.2. The van der Waals surface area contributed by atoms with Gasteiger partial charge in [0.2, 0.25) is 0 Å². The molecule has 1 aliphatic heterocycles. The Bertz CT molecular complexity index is 1030. The number of rotatable bonds is 6. The molecule has 8 nitrogen and oxygen atoms in total. The maximum Gasteiger partial charge on any atom is 0.319 e. The molecule has 1 unspecified atom stereocenters. The van der Waals surface area contributed by atoms with Crippen LogP contribution >= 0.6 is 0 Å². The van der Waals surface area contributed by atoms with Gasteiger partial charge < -0.3 is 25.3 Å². The van der Waals surface area contributed by atoms with E-state index in [0.717, 1.165) is 17.5 Å². The second-order valence-corrected chi connectivity index (χ2v) is 8.25. The van der Waals surface area contributed by atoms with E-state index in [1.54, 1.807) is 48.2 Å². The molecule has 8 heteroatoms. The number of carbonyl (C=O) groups is 2. The Morgan fingerprint density at radius 1 is 1.28 bits per heavy atom. The summed E-state index contributed by atoms with van der Waals surface area (Å²) in [7, 11) is 5.00. The van der Waals surface area contributed by atoms with Crippen molar-refractivity contribution >= 4 is 23.5 Å². The molecule has 1 aliphatic rings. The van der Waals surface area contributed by atoms with Gasteiger partial charge in [-0.3, -0.25) is 4.79 Å². The highest BCUT2D eigenvalue weighted by molar-refractivity contribution is 6.06. The van der Waals surface area contributed by atoms with Crippen LogP contribution in [0, 0.1) is 11.3 Å². The van der Waals surface area contributed by atoms with Gasteiger partial charge in [0.05, 0.1) is 24.1 Å². The number of urea groups is 1. The summed E-state index contributed by atoms with van der Waals surface area (Å²) in [5, 5.41) is 11.1. The first-order chi connectivity index (χ1) is 15.2. The Labute approximate surface area is 189 Å². The van der Waals surface area contributed by atoms with Crippen LogP contribution in [0.3, 0.4) is 0 Å². The van der Waals surface area contributed by atoms with Crippen LogP contribution in [0.4, 0.5) is 10.6 Å². The molecule has 0 saturated carbocycles. The average molecular weight is 438 g/mol. The number of methoxy groups -OCH3 is 1. The summed E-state index contributed by atoms with van der Waals surface area (Å²) in [6.07, 6.45) is 1.55. The van der Waals surface area contributed by atoms with Crippen molar-refractivity contribution in [3.63, 3.8) is 0 Å². The molecule has 3 amide bonds. The van der Waals surface area contributed by atoms with Crippen LogP contribution in [0.25, 0.3) is 0 Å². The fourth-order valence-electron chi connectivity index (χ4n) is 3.67. The molecule has 1 aromatic heterocycles. The molecule has 32 heavy (non-hydrogen) atoms. The minimum atomic E-state index is -0.347. The first-order valence-corrected chi connectivity index (χ1v) is 10.8. The number of nitrogens with zero attached hydrogens (tertiary/aromatic N) is 3. The Hall–Kier alpha value is -3.42. The topological polar surface area (TPSA) is 98.6 Å². The molecule has 2 heterocycles. The van der Waals surface area contributed by atoms with Crippen molar-refractivity contribution in [3.8, 4) is 5.75 Å². The van der Waals surface area contributed by atoms with Gasteiger partial charge in [-0.25, -0.2) is 9.78 Å². The number of aromatic nitrogens is 1. The molecule has 2 aromatic rings. The van der Waals surface area contributed by atoms with E-state index in [4.69, 9.17) is 10.1 Å². The lowest BCUT2D eigenvalue weighted by Gasteiger charge is -2.31. The van der Waals surface area contributed by atoms with Crippen LogP contribution < -0.4 is 10.1 Å². The first-order valence-electron chi connectivity index (χ1n) is 10.8. The third-order valence-electron chi connectivity index (χ3n) is 5.80. The number of amides is 3. The molecule has 2 N–H and O–H groups in total. The van der Waals surface area contributed by atoms with E-state index in [0.29, 0.717) is 48.0 Å². The van der Waals surface area contributed by atoms with Gasteiger partial charge >= 0.3 is 6.03 Å². The fourth-order valence-corrected chi connectivity index (χ4v) is 3.67. The third-order valence-corrected chi connectivity index (χ3v) is 5.80. The molecule has 3 rings (SSSR count). The van der Waals surface area contributed by atoms with Gasteiger partial charge in [-0.2, -0.15) is 0 Å². The zero-order chi connectivity index (χ0) is 23.4. The maximum absolute atomic E-state index is 13.1. The van der Waals surface area contributed by atoms with Crippen LogP contribution in [0.2, 0.25) is 0 Å². The number of nitrogens with one attached hydrogen (secondary N) is 2. The average Bonchev–Trinajstić information content (AvgIpc) is 2.81. The van der Waals surface area contributed by atoms with Crippen LogP contribution in [-0.4, -0.2) is 60.2 Å². The highest BCUT2D eigenvalue weighted by Crippen LogP contribution is 2.29. The van der Waals surface area contributed by atoms with E-state index in [-0.39, 0.29) is 17.9 Å². The van der Waals surface area contributed by atoms with Crippen molar-refractivity contribution in [2.45, 2.75) is 33.2 Å². The van der Waals surface area contributed by atoms with E-state index in [1.165, 1.54) is 7.11 Å². The SMILES string of the molecule is CCC(C)C(=N)c1cccc(NC(=O)c2cc3c(cc2OC)CCN(C(=O)N(C)C)C3)n1. The highest BCUT2D eigenvalue weighted by atomic mass is 16.5. The van der Waals surface area contributed by atoms with E-state index < -0.39 is 0 Å². The standard InChI is InChI=1S/C24H31N5O3/c1-6-15(2)22(25)19-8-7-9-21(26-19)27-23(30)18-12-17-14-29(24(31)28(3)4)11-10-16(17)13-20(18)32-5/h7-9,12-13,15,25H,6,10-11,14H2,1-5H3,(H,26,27,30). The summed E-state index contributed by atoms with van der Waals surface area (Å²) >= 11 is 0. The van der Waals surface area contributed by atoms with Gasteiger partial charge in [-0.1, -0.05) is 19.9 Å². The van der Waals surface area contributed by atoms with Crippen LogP contribution in [0.5, 0.6) is 5.75 Å². The van der Waals surface area contributed by atoms with Crippen molar-refractivity contribution < 1.29 is 14.3 Å². The van der Waals surface area contributed by atoms with Crippen molar-refractivity contribution in [1.82, 2.24) is 14.8 Å². The van der Waals surface area contributed by atoms with E-state index in [1.807, 2.05) is 19.9 Å². The number of carbonyl (C=O) groups excluding carboxylic acids is 2. The Kier molecular flexibility index (Phi) is 7.12. The summed E-state index contributed by atoms with van der Waals surface area (Å²) in [5.41, 5.74) is 3.38. The van der Waals surface area contributed by atoms with E-state index >= 15 is 0 Å². The van der Waals surface area contributed by atoms with Crippen molar-refractivity contribution in [1.29, 1.82) is 5.41 Å². The van der Waals surface area contributed by atoms with Crippen molar-refractivity contribution in [3.05, 3.63) is 52.7 Å². The smallest absolute Gasteiger partial charge is 0.319 e. The predicted octanol–water partition coefficient (Wildman–Crippen LogP) is 3.80. The third kappa shape index (κ3) is 4.90. The number of pyridine rings is 1. The largest absolute Gasteiger partial charge is 0.496 e. The van der Waals surface area contributed by atoms with E-state index in [2.05, 4.69) is 10.3 Å². The number of fused-ring (bicyclic) bond motifs is 1. The first kappa shape index (κ1) is 23.2. The van der Waals surface area contributed by atoms with E-state index in [9.17, 15) is 9.59 Å². The molecule has 0 bridgehead atoms. The molecule has 1 atom stereocenters. The van der Waals surface area contributed by atoms with Crippen LogP contribution in [0.1, 0.15) is 47.4 Å². The molecule has 0 spiro atoms. The number of hydrogen-bond acceptors (Lipinski definition) is 5. The molecule has 0 radical (unpaired) electrons. The van der Waals surface area contributed by atoms with Gasteiger partial charge in [0, 0.05) is 27.2 Å². The number of benzene rings is 1. The number of anilines is 1. The quantitative estimate of drug-likeness (QED) is 0.672. The number of ether oxygens (including phenoxy) is 1. The van der Waals surface area contributed by atoms with Gasteiger partial charge in [-0.05, 0) is 54.2 Å². The monoisotopic (exact) mass is 437 g/mol.